The number of carbonyl (C=O) groups excluding carboxylic acids is 2. The molecule has 1 aliphatic heterocycles. The van der Waals surface area contributed by atoms with Gasteiger partial charge in [0, 0.05) is 12.6 Å². The first kappa shape index (κ1) is 24.7. The summed E-state index contributed by atoms with van der Waals surface area (Å²) in [6, 6.07) is 17.2. The Balaban J connectivity index is 1.46. The van der Waals surface area contributed by atoms with Crippen molar-refractivity contribution < 1.29 is 28.2 Å². The summed E-state index contributed by atoms with van der Waals surface area (Å²) in [4.78, 5) is 29.3. The first-order valence-corrected chi connectivity index (χ1v) is 12.8. The Morgan fingerprint density at radius 3 is 2.46 bits per heavy atom. The van der Waals surface area contributed by atoms with Crippen LogP contribution < -0.4 is 19.5 Å². The van der Waals surface area contributed by atoms with Gasteiger partial charge in [-0.15, -0.1) is 0 Å². The molecule has 2 aromatic carbocycles. The summed E-state index contributed by atoms with van der Waals surface area (Å²) in [5.74, 6) is 1.57. The van der Waals surface area contributed by atoms with E-state index in [0.29, 0.717) is 23.0 Å². The summed E-state index contributed by atoms with van der Waals surface area (Å²) in [5.41, 5.74) is 0.841. The van der Waals surface area contributed by atoms with E-state index in [1.807, 2.05) is 36.4 Å². The second kappa shape index (κ2) is 11.4. The van der Waals surface area contributed by atoms with Gasteiger partial charge >= 0.3 is 0 Å². The molecule has 37 heavy (non-hydrogen) atoms. The molecule has 2 amide bonds. The largest absolute Gasteiger partial charge is 0.497 e. The third kappa shape index (κ3) is 5.74. The van der Waals surface area contributed by atoms with Crippen LogP contribution in [0.3, 0.4) is 0 Å². The molecule has 194 valence electrons. The summed E-state index contributed by atoms with van der Waals surface area (Å²) in [6.07, 6.45) is 5.81. The molecule has 0 saturated heterocycles. The van der Waals surface area contributed by atoms with Gasteiger partial charge in [0.15, 0.2) is 17.5 Å². The first-order chi connectivity index (χ1) is 18.1. The molecule has 0 bridgehead atoms. The lowest BCUT2D eigenvalue weighted by molar-refractivity contribution is -0.150. The first-order valence-electron chi connectivity index (χ1n) is 12.8. The number of benzene rings is 2. The molecule has 1 aromatic heterocycles. The maximum Gasteiger partial charge on any atom is 0.268 e. The van der Waals surface area contributed by atoms with E-state index in [0.717, 1.165) is 31.2 Å². The third-order valence-corrected chi connectivity index (χ3v) is 6.90. The second-order valence-corrected chi connectivity index (χ2v) is 9.44. The molecule has 0 unspecified atom stereocenters. The lowest BCUT2D eigenvalue weighted by atomic mass is 9.95. The quantitative estimate of drug-likeness (QED) is 0.480. The van der Waals surface area contributed by atoms with E-state index >= 15 is 0 Å². The lowest BCUT2D eigenvalue weighted by Crippen LogP contribution is -2.52. The van der Waals surface area contributed by atoms with Gasteiger partial charge < -0.3 is 28.8 Å². The molecule has 0 radical (unpaired) electrons. The van der Waals surface area contributed by atoms with Crippen molar-refractivity contribution in [2.24, 2.45) is 0 Å². The number of rotatable bonds is 8. The molecule has 2 heterocycles. The fraction of sp³-hybridized carbons (Fsp3) is 0.379. The Hall–Kier alpha value is -3.94. The topological polar surface area (TPSA) is 90.2 Å². The number of nitrogens with one attached hydrogen (secondary N) is 1. The monoisotopic (exact) mass is 504 g/mol. The van der Waals surface area contributed by atoms with Gasteiger partial charge in [-0.2, -0.15) is 0 Å². The SMILES string of the molecule is COc1ccc(CN(C(=O)[C@H]2COc3ccccc3O2)[C@@H](C(=O)NC2CCCCC2)c2ccco2)cc1. The zero-order valence-electron chi connectivity index (χ0n) is 20.9. The molecule has 2 atom stereocenters. The third-order valence-electron chi connectivity index (χ3n) is 6.90. The van der Waals surface area contributed by atoms with E-state index in [1.165, 1.54) is 17.6 Å². The molecule has 1 N–H and O–H groups in total. The lowest BCUT2D eigenvalue weighted by Gasteiger charge is -2.35. The van der Waals surface area contributed by atoms with Gasteiger partial charge in [0.25, 0.3) is 11.8 Å². The number of carbonyl (C=O) groups is 2. The molecule has 1 saturated carbocycles. The number of ether oxygens (including phenoxy) is 3. The van der Waals surface area contributed by atoms with Crippen molar-refractivity contribution in [3.05, 3.63) is 78.3 Å². The fourth-order valence-corrected chi connectivity index (χ4v) is 4.95. The maximum atomic E-state index is 14.0. The van der Waals surface area contributed by atoms with Crippen molar-refractivity contribution in [2.45, 2.75) is 56.8 Å². The van der Waals surface area contributed by atoms with Gasteiger partial charge in [0.1, 0.15) is 18.1 Å². The van der Waals surface area contributed by atoms with E-state index < -0.39 is 12.1 Å². The highest BCUT2D eigenvalue weighted by Gasteiger charge is 2.40. The molecule has 3 aromatic rings. The van der Waals surface area contributed by atoms with E-state index in [2.05, 4.69) is 5.32 Å². The number of amides is 2. The van der Waals surface area contributed by atoms with E-state index in [9.17, 15) is 9.59 Å². The summed E-state index contributed by atoms with van der Waals surface area (Å²) >= 11 is 0. The number of fused-ring (bicyclic) bond motifs is 1. The zero-order valence-corrected chi connectivity index (χ0v) is 20.9. The molecule has 8 heteroatoms. The van der Waals surface area contributed by atoms with Gasteiger partial charge in [0.2, 0.25) is 6.10 Å². The minimum Gasteiger partial charge on any atom is -0.497 e. The van der Waals surface area contributed by atoms with Gasteiger partial charge in [0.05, 0.1) is 13.4 Å². The average molecular weight is 505 g/mol. The highest BCUT2D eigenvalue weighted by molar-refractivity contribution is 5.90. The standard InChI is InChI=1S/C29H32N2O6/c1-34-22-15-13-20(14-16-22)18-31(29(33)26-19-36-23-10-5-6-11-24(23)37-26)27(25-12-7-17-35-25)28(32)30-21-8-3-2-4-9-21/h5-7,10-17,21,26-27H,2-4,8-9,18-19H2,1H3,(H,30,32)/t26-,27-/m1/s1. The molecule has 8 nitrogen and oxygen atoms in total. The minimum atomic E-state index is -0.965. The number of furan rings is 1. The van der Waals surface area contributed by atoms with Gasteiger partial charge in [-0.25, -0.2) is 0 Å². The summed E-state index contributed by atoms with van der Waals surface area (Å²) < 4.78 is 22.9. The second-order valence-electron chi connectivity index (χ2n) is 9.44. The predicted molar refractivity (Wildman–Crippen MR) is 136 cm³/mol. The Morgan fingerprint density at radius 1 is 1.00 bits per heavy atom. The van der Waals surface area contributed by atoms with Crippen LogP contribution in [0, 0.1) is 0 Å². The van der Waals surface area contributed by atoms with Crippen molar-refractivity contribution in [3.63, 3.8) is 0 Å². The highest BCUT2D eigenvalue weighted by Crippen LogP contribution is 2.33. The predicted octanol–water partition coefficient (Wildman–Crippen LogP) is 4.65. The van der Waals surface area contributed by atoms with Crippen molar-refractivity contribution in [1.29, 1.82) is 0 Å². The Bertz CT molecular complexity index is 1190. The van der Waals surface area contributed by atoms with Crippen LogP contribution in [0.25, 0.3) is 0 Å². The zero-order chi connectivity index (χ0) is 25.6. The van der Waals surface area contributed by atoms with Crippen LogP contribution in [-0.2, 0) is 16.1 Å². The Kier molecular flexibility index (Phi) is 7.63. The van der Waals surface area contributed by atoms with Crippen molar-refractivity contribution in [2.75, 3.05) is 13.7 Å². The molecule has 1 fully saturated rings. The maximum absolute atomic E-state index is 14.0. The number of methoxy groups -OCH3 is 1. The van der Waals surface area contributed by atoms with E-state index in [1.54, 1.807) is 31.4 Å². The Morgan fingerprint density at radius 2 is 1.76 bits per heavy atom. The summed E-state index contributed by atoms with van der Waals surface area (Å²) in [7, 11) is 1.60. The molecular weight excluding hydrogens is 472 g/mol. The number of para-hydroxylation sites is 2. The van der Waals surface area contributed by atoms with E-state index in [4.69, 9.17) is 18.6 Å². The summed E-state index contributed by atoms with van der Waals surface area (Å²) in [6.45, 7) is 0.220. The van der Waals surface area contributed by atoms with Crippen LogP contribution in [0.2, 0.25) is 0 Å². The van der Waals surface area contributed by atoms with Crippen LogP contribution >= 0.6 is 0 Å². The van der Waals surface area contributed by atoms with Crippen LogP contribution in [0.5, 0.6) is 17.2 Å². The molecule has 1 aliphatic carbocycles. The smallest absolute Gasteiger partial charge is 0.268 e. The van der Waals surface area contributed by atoms with Gasteiger partial charge in [-0.05, 0) is 54.8 Å². The van der Waals surface area contributed by atoms with Crippen molar-refractivity contribution in [1.82, 2.24) is 10.2 Å². The van der Waals surface area contributed by atoms with Gasteiger partial charge in [-0.3, -0.25) is 9.59 Å². The van der Waals surface area contributed by atoms with Crippen molar-refractivity contribution in [3.8, 4) is 17.2 Å². The highest BCUT2D eigenvalue weighted by atomic mass is 16.6. The molecular formula is C29H32N2O6. The fourth-order valence-electron chi connectivity index (χ4n) is 4.95. The van der Waals surface area contributed by atoms with Crippen LogP contribution in [0.1, 0.15) is 49.5 Å². The molecule has 5 rings (SSSR count). The molecule has 2 aliphatic rings. The van der Waals surface area contributed by atoms with Crippen LogP contribution in [-0.4, -0.2) is 42.6 Å². The van der Waals surface area contributed by atoms with Crippen molar-refractivity contribution >= 4 is 11.8 Å². The minimum absolute atomic E-state index is 0.0457. The Labute approximate surface area is 216 Å². The van der Waals surface area contributed by atoms with Gasteiger partial charge in [-0.1, -0.05) is 43.5 Å². The summed E-state index contributed by atoms with van der Waals surface area (Å²) in [5, 5.41) is 3.18. The average Bonchev–Trinajstić information content (AvgIpc) is 3.47. The molecule has 0 spiro atoms. The number of hydrogen-bond donors (Lipinski definition) is 1. The number of nitrogens with zero attached hydrogens (tertiary/aromatic N) is 1. The van der Waals surface area contributed by atoms with E-state index in [-0.39, 0.29) is 31.0 Å². The van der Waals surface area contributed by atoms with Crippen LogP contribution in [0.15, 0.2) is 71.3 Å². The normalized spacial score (nSPS) is 18.0. The number of hydrogen-bond acceptors (Lipinski definition) is 6. The van der Waals surface area contributed by atoms with Crippen LogP contribution in [0.4, 0.5) is 0 Å².